The lowest BCUT2D eigenvalue weighted by atomic mass is 10.3. The second-order valence-corrected chi connectivity index (χ2v) is 4.64. The van der Waals surface area contributed by atoms with Crippen LogP contribution in [0.1, 0.15) is 12.8 Å². The van der Waals surface area contributed by atoms with Crippen LogP contribution in [-0.2, 0) is 0 Å². The van der Waals surface area contributed by atoms with Crippen LogP contribution in [0.15, 0.2) is 33.5 Å². The predicted molar refractivity (Wildman–Crippen MR) is 64.1 cm³/mol. The number of nitrogens with zero attached hydrogens (tertiary/aromatic N) is 2. The number of anilines is 1. The maximum atomic E-state index is 5.33. The minimum atomic E-state index is 0.547. The molecule has 2 aromatic rings. The summed E-state index contributed by atoms with van der Waals surface area (Å²) in [4.78, 5) is 8.65. The molecule has 0 aromatic carbocycles. The Morgan fingerprint density at radius 2 is 2.31 bits per heavy atom. The first kappa shape index (κ1) is 9.84. The molecule has 16 heavy (non-hydrogen) atoms. The smallest absolute Gasteiger partial charge is 0.223 e. The van der Waals surface area contributed by atoms with E-state index in [2.05, 4.69) is 31.2 Å². The minimum Gasteiger partial charge on any atom is -0.463 e. The molecule has 0 saturated heterocycles. The molecule has 0 radical (unpaired) electrons. The van der Waals surface area contributed by atoms with Gasteiger partial charge in [-0.3, -0.25) is 0 Å². The molecule has 1 aliphatic carbocycles. The SMILES string of the molecule is Brc1cnc(NC2CC2)nc1-c1ccco1. The van der Waals surface area contributed by atoms with E-state index >= 15 is 0 Å². The van der Waals surface area contributed by atoms with Gasteiger partial charge in [-0.15, -0.1) is 0 Å². The third-order valence-electron chi connectivity index (χ3n) is 2.41. The van der Waals surface area contributed by atoms with Gasteiger partial charge in [0.15, 0.2) is 5.76 Å². The summed E-state index contributed by atoms with van der Waals surface area (Å²) >= 11 is 3.42. The van der Waals surface area contributed by atoms with Gasteiger partial charge in [0.05, 0.1) is 10.7 Å². The van der Waals surface area contributed by atoms with Crippen molar-refractivity contribution >= 4 is 21.9 Å². The zero-order chi connectivity index (χ0) is 11.0. The third kappa shape index (κ3) is 1.95. The van der Waals surface area contributed by atoms with Gasteiger partial charge in [0.1, 0.15) is 5.69 Å². The lowest BCUT2D eigenvalue weighted by Crippen LogP contribution is -2.05. The molecule has 1 fully saturated rings. The van der Waals surface area contributed by atoms with Crippen molar-refractivity contribution in [1.29, 1.82) is 0 Å². The lowest BCUT2D eigenvalue weighted by Gasteiger charge is -2.05. The van der Waals surface area contributed by atoms with E-state index in [1.54, 1.807) is 12.5 Å². The van der Waals surface area contributed by atoms with E-state index in [9.17, 15) is 0 Å². The quantitative estimate of drug-likeness (QED) is 0.938. The normalized spacial score (nSPS) is 15.1. The summed E-state index contributed by atoms with van der Waals surface area (Å²) in [7, 11) is 0. The lowest BCUT2D eigenvalue weighted by molar-refractivity contribution is 0.579. The van der Waals surface area contributed by atoms with Crippen molar-refractivity contribution in [2.45, 2.75) is 18.9 Å². The molecule has 2 aromatic heterocycles. The number of nitrogens with one attached hydrogen (secondary N) is 1. The van der Waals surface area contributed by atoms with Crippen molar-refractivity contribution < 1.29 is 4.42 Å². The third-order valence-corrected chi connectivity index (χ3v) is 2.99. The van der Waals surface area contributed by atoms with Crippen LogP contribution in [-0.4, -0.2) is 16.0 Å². The molecular formula is C11H10BrN3O. The fourth-order valence-electron chi connectivity index (χ4n) is 1.43. The van der Waals surface area contributed by atoms with Gasteiger partial charge in [-0.2, -0.15) is 0 Å². The first-order valence-corrected chi connectivity index (χ1v) is 5.95. The van der Waals surface area contributed by atoms with E-state index in [4.69, 9.17) is 4.42 Å². The van der Waals surface area contributed by atoms with E-state index in [1.807, 2.05) is 12.1 Å². The predicted octanol–water partition coefficient (Wildman–Crippen LogP) is 3.07. The Kier molecular flexibility index (Phi) is 2.40. The van der Waals surface area contributed by atoms with Gasteiger partial charge in [0.25, 0.3) is 0 Å². The van der Waals surface area contributed by atoms with Crippen LogP contribution in [0.25, 0.3) is 11.5 Å². The number of furan rings is 1. The second-order valence-electron chi connectivity index (χ2n) is 3.79. The molecule has 4 nitrogen and oxygen atoms in total. The first-order chi connectivity index (χ1) is 7.83. The molecule has 0 aliphatic heterocycles. The second kappa shape index (κ2) is 3.90. The summed E-state index contributed by atoms with van der Waals surface area (Å²) in [6.07, 6.45) is 5.79. The summed E-state index contributed by atoms with van der Waals surface area (Å²) in [5.41, 5.74) is 0.781. The van der Waals surface area contributed by atoms with E-state index in [1.165, 1.54) is 12.8 Å². The zero-order valence-electron chi connectivity index (χ0n) is 8.48. The number of aromatic nitrogens is 2. The number of rotatable bonds is 3. The average molecular weight is 280 g/mol. The molecule has 5 heteroatoms. The number of hydrogen-bond donors (Lipinski definition) is 1. The van der Waals surface area contributed by atoms with Gasteiger partial charge in [0.2, 0.25) is 5.95 Å². The van der Waals surface area contributed by atoms with Gasteiger partial charge >= 0.3 is 0 Å². The Labute approximate surface area is 101 Å². The minimum absolute atomic E-state index is 0.547. The van der Waals surface area contributed by atoms with Crippen LogP contribution < -0.4 is 5.32 Å². The molecule has 82 valence electrons. The van der Waals surface area contributed by atoms with Gasteiger partial charge < -0.3 is 9.73 Å². The van der Waals surface area contributed by atoms with Gasteiger partial charge in [-0.05, 0) is 40.9 Å². The molecule has 0 spiro atoms. The highest BCUT2D eigenvalue weighted by molar-refractivity contribution is 9.10. The molecule has 1 aliphatic rings. The highest BCUT2D eigenvalue weighted by Gasteiger charge is 2.22. The molecule has 0 unspecified atom stereocenters. The summed E-state index contributed by atoms with van der Waals surface area (Å²) in [6.45, 7) is 0. The molecule has 2 heterocycles. The molecular weight excluding hydrogens is 270 g/mol. The Hall–Kier alpha value is -1.36. The topological polar surface area (TPSA) is 51.0 Å². The Morgan fingerprint density at radius 1 is 1.44 bits per heavy atom. The van der Waals surface area contributed by atoms with Gasteiger partial charge in [0, 0.05) is 12.2 Å². The van der Waals surface area contributed by atoms with Crippen LogP contribution in [0, 0.1) is 0 Å². The van der Waals surface area contributed by atoms with Crippen LogP contribution in [0.3, 0.4) is 0 Å². The number of hydrogen-bond acceptors (Lipinski definition) is 4. The molecule has 0 amide bonds. The largest absolute Gasteiger partial charge is 0.463 e. The molecule has 0 atom stereocenters. The number of halogens is 1. The Bertz CT molecular complexity index is 494. The standard InChI is InChI=1S/C11H10BrN3O/c12-8-6-13-11(14-7-3-4-7)15-10(8)9-2-1-5-16-9/h1-2,5-7H,3-4H2,(H,13,14,15). The summed E-state index contributed by atoms with van der Waals surface area (Å²) in [6, 6.07) is 4.27. The van der Waals surface area contributed by atoms with E-state index in [0.717, 1.165) is 15.9 Å². The van der Waals surface area contributed by atoms with E-state index < -0.39 is 0 Å². The van der Waals surface area contributed by atoms with Crippen molar-refractivity contribution in [2.75, 3.05) is 5.32 Å². The molecule has 1 N–H and O–H groups in total. The molecule has 3 rings (SSSR count). The Morgan fingerprint density at radius 3 is 3.00 bits per heavy atom. The molecule has 1 saturated carbocycles. The maximum absolute atomic E-state index is 5.33. The summed E-state index contributed by atoms with van der Waals surface area (Å²) in [5, 5.41) is 3.26. The van der Waals surface area contributed by atoms with Gasteiger partial charge in [-0.1, -0.05) is 0 Å². The van der Waals surface area contributed by atoms with Crippen LogP contribution in [0.5, 0.6) is 0 Å². The average Bonchev–Trinajstić information content (AvgIpc) is 2.94. The van der Waals surface area contributed by atoms with Crippen molar-refractivity contribution in [2.24, 2.45) is 0 Å². The fraction of sp³-hybridized carbons (Fsp3) is 0.273. The summed E-state index contributed by atoms with van der Waals surface area (Å²) < 4.78 is 6.16. The van der Waals surface area contributed by atoms with Crippen molar-refractivity contribution in [3.63, 3.8) is 0 Å². The highest BCUT2D eigenvalue weighted by Crippen LogP contribution is 2.28. The summed E-state index contributed by atoms with van der Waals surface area (Å²) in [5.74, 6) is 1.41. The molecule has 0 bridgehead atoms. The van der Waals surface area contributed by atoms with Crippen LogP contribution in [0.2, 0.25) is 0 Å². The van der Waals surface area contributed by atoms with Gasteiger partial charge in [-0.25, -0.2) is 9.97 Å². The van der Waals surface area contributed by atoms with Crippen LogP contribution in [0.4, 0.5) is 5.95 Å². The van der Waals surface area contributed by atoms with Crippen molar-refractivity contribution in [3.8, 4) is 11.5 Å². The van der Waals surface area contributed by atoms with Crippen molar-refractivity contribution in [3.05, 3.63) is 29.1 Å². The van der Waals surface area contributed by atoms with Crippen molar-refractivity contribution in [1.82, 2.24) is 9.97 Å². The van der Waals surface area contributed by atoms with E-state index in [-0.39, 0.29) is 0 Å². The van der Waals surface area contributed by atoms with Crippen LogP contribution >= 0.6 is 15.9 Å². The monoisotopic (exact) mass is 279 g/mol. The fourth-order valence-corrected chi connectivity index (χ4v) is 1.82. The first-order valence-electron chi connectivity index (χ1n) is 5.16. The maximum Gasteiger partial charge on any atom is 0.223 e. The zero-order valence-corrected chi connectivity index (χ0v) is 10.1. The Balaban J connectivity index is 1.95. The van der Waals surface area contributed by atoms with E-state index in [0.29, 0.717) is 12.0 Å². The highest BCUT2D eigenvalue weighted by atomic mass is 79.9.